The molecule has 0 aliphatic rings. The lowest BCUT2D eigenvalue weighted by Gasteiger charge is -2.34. The summed E-state index contributed by atoms with van der Waals surface area (Å²) < 4.78 is 29.8. The Labute approximate surface area is 278 Å². The normalized spacial score (nSPS) is 11.9. The fraction of sp³-hybridized carbons (Fsp3) is 0.297. The Morgan fingerprint density at radius 2 is 1.48 bits per heavy atom. The Morgan fingerprint density at radius 3 is 2.13 bits per heavy atom. The van der Waals surface area contributed by atoms with E-state index in [1.165, 1.54) is 9.21 Å². The van der Waals surface area contributed by atoms with Gasteiger partial charge in [-0.15, -0.1) is 0 Å². The molecule has 0 heterocycles. The second kappa shape index (κ2) is 15.9. The number of rotatable bonds is 14. The van der Waals surface area contributed by atoms with E-state index in [1.807, 2.05) is 82.3 Å². The summed E-state index contributed by atoms with van der Waals surface area (Å²) in [6.07, 6.45) is 1.95. The van der Waals surface area contributed by atoms with Crippen molar-refractivity contribution in [3.8, 4) is 0 Å². The van der Waals surface area contributed by atoms with Crippen LogP contribution in [0.15, 0.2) is 102 Å². The van der Waals surface area contributed by atoms with E-state index < -0.39 is 28.5 Å². The van der Waals surface area contributed by atoms with E-state index >= 15 is 0 Å². The van der Waals surface area contributed by atoms with Crippen LogP contribution in [-0.4, -0.2) is 44.3 Å². The number of hydrogen-bond donors (Lipinski definition) is 1. The van der Waals surface area contributed by atoms with Crippen molar-refractivity contribution < 1.29 is 18.0 Å². The van der Waals surface area contributed by atoms with Gasteiger partial charge < -0.3 is 10.2 Å². The zero-order valence-corrected chi connectivity index (χ0v) is 28.4. The van der Waals surface area contributed by atoms with Crippen LogP contribution in [0.5, 0.6) is 0 Å². The van der Waals surface area contributed by atoms with Crippen molar-refractivity contribution in [1.82, 2.24) is 10.2 Å². The van der Waals surface area contributed by atoms with Crippen LogP contribution in [0, 0.1) is 20.8 Å². The molecule has 4 aromatic rings. The number of carbonyl (C=O) groups excluding carboxylic acids is 2. The predicted molar refractivity (Wildman–Crippen MR) is 185 cm³/mol. The Hall–Kier alpha value is -4.14. The molecular formula is C37H42ClN3O4S. The number of anilines is 1. The quantitative estimate of drug-likeness (QED) is 0.148. The lowest BCUT2D eigenvalue weighted by atomic mass is 10.0. The third-order valence-corrected chi connectivity index (χ3v) is 9.91. The first kappa shape index (κ1) is 34.7. The number of carbonyl (C=O) groups is 2. The average molecular weight is 660 g/mol. The van der Waals surface area contributed by atoms with E-state index in [2.05, 4.69) is 5.32 Å². The van der Waals surface area contributed by atoms with Gasteiger partial charge in [-0.3, -0.25) is 13.9 Å². The van der Waals surface area contributed by atoms with E-state index in [1.54, 1.807) is 42.5 Å². The summed E-state index contributed by atoms with van der Waals surface area (Å²) in [6.45, 7) is 7.68. The molecule has 0 fully saturated rings. The number of halogens is 1. The molecule has 0 aliphatic heterocycles. The highest BCUT2D eigenvalue weighted by atomic mass is 35.5. The summed E-state index contributed by atoms with van der Waals surface area (Å²) in [6, 6.07) is 27.8. The van der Waals surface area contributed by atoms with Crippen LogP contribution in [0.1, 0.15) is 47.6 Å². The van der Waals surface area contributed by atoms with Gasteiger partial charge in [-0.05, 0) is 79.8 Å². The number of nitrogens with zero attached hydrogens (tertiary/aromatic N) is 2. The lowest BCUT2D eigenvalue weighted by molar-refractivity contribution is -0.140. The maximum Gasteiger partial charge on any atom is 0.264 e. The van der Waals surface area contributed by atoms with Crippen LogP contribution in [-0.2, 0) is 32.6 Å². The van der Waals surface area contributed by atoms with Crippen molar-refractivity contribution >= 4 is 39.1 Å². The maximum atomic E-state index is 14.6. The van der Waals surface area contributed by atoms with Crippen molar-refractivity contribution in [3.05, 3.63) is 130 Å². The Kier molecular flexibility index (Phi) is 12.0. The zero-order valence-electron chi connectivity index (χ0n) is 26.9. The molecule has 9 heteroatoms. The molecule has 4 aromatic carbocycles. The minimum absolute atomic E-state index is 0.0780. The smallest absolute Gasteiger partial charge is 0.264 e. The molecule has 1 N–H and O–H groups in total. The van der Waals surface area contributed by atoms with Crippen molar-refractivity contribution in [2.45, 2.75) is 64.4 Å². The first-order chi connectivity index (χ1) is 22.0. The molecule has 0 saturated heterocycles. The highest BCUT2D eigenvalue weighted by molar-refractivity contribution is 7.92. The molecule has 0 saturated carbocycles. The SMILES string of the molecule is CCCCNC(=O)[C@@H](Cc1ccccc1)N(Cc1ccc(Cl)cc1)C(=O)CN(c1cc(C)ccc1C)S(=O)(=O)c1ccc(C)cc1. The van der Waals surface area contributed by atoms with E-state index in [0.29, 0.717) is 22.8 Å². The van der Waals surface area contributed by atoms with E-state index in [9.17, 15) is 18.0 Å². The summed E-state index contributed by atoms with van der Waals surface area (Å²) in [5, 5.41) is 3.56. The van der Waals surface area contributed by atoms with Crippen molar-refractivity contribution in [3.63, 3.8) is 0 Å². The summed E-state index contributed by atoms with van der Waals surface area (Å²) in [5.74, 6) is -0.794. The van der Waals surface area contributed by atoms with Crippen molar-refractivity contribution in [2.24, 2.45) is 0 Å². The number of aryl methyl sites for hydroxylation is 3. The number of hydrogen-bond acceptors (Lipinski definition) is 4. The molecule has 0 bridgehead atoms. The Morgan fingerprint density at radius 1 is 0.826 bits per heavy atom. The molecule has 0 unspecified atom stereocenters. The Bertz CT molecular complexity index is 1730. The van der Waals surface area contributed by atoms with Gasteiger partial charge in [0.1, 0.15) is 12.6 Å². The highest BCUT2D eigenvalue weighted by Crippen LogP contribution is 2.29. The van der Waals surface area contributed by atoms with Gasteiger partial charge in [-0.2, -0.15) is 0 Å². The highest BCUT2D eigenvalue weighted by Gasteiger charge is 2.35. The van der Waals surface area contributed by atoms with E-state index in [0.717, 1.165) is 35.1 Å². The summed E-state index contributed by atoms with van der Waals surface area (Å²) in [7, 11) is -4.17. The van der Waals surface area contributed by atoms with Crippen molar-refractivity contribution in [1.29, 1.82) is 0 Å². The molecule has 0 spiro atoms. The Balaban J connectivity index is 1.81. The number of unbranched alkanes of at least 4 members (excludes halogenated alkanes) is 1. The van der Waals surface area contributed by atoms with Crippen LogP contribution in [0.4, 0.5) is 5.69 Å². The molecule has 0 aliphatic carbocycles. The van der Waals surface area contributed by atoms with Crippen LogP contribution >= 0.6 is 11.6 Å². The topological polar surface area (TPSA) is 86.8 Å². The van der Waals surface area contributed by atoms with Crippen LogP contribution < -0.4 is 9.62 Å². The van der Waals surface area contributed by atoms with E-state index in [4.69, 9.17) is 11.6 Å². The molecule has 46 heavy (non-hydrogen) atoms. The first-order valence-electron chi connectivity index (χ1n) is 15.5. The predicted octanol–water partition coefficient (Wildman–Crippen LogP) is 7.02. The second-order valence-electron chi connectivity index (χ2n) is 11.6. The molecule has 0 radical (unpaired) electrons. The molecule has 1 atom stereocenters. The van der Waals surface area contributed by atoms with Gasteiger partial charge in [-0.1, -0.05) is 97.2 Å². The summed E-state index contributed by atoms with van der Waals surface area (Å²) in [5.41, 5.74) is 4.53. The minimum Gasteiger partial charge on any atom is -0.354 e. The molecule has 2 amide bonds. The molecule has 4 rings (SSSR count). The maximum absolute atomic E-state index is 14.6. The van der Waals surface area contributed by atoms with Crippen molar-refractivity contribution in [2.75, 3.05) is 17.4 Å². The fourth-order valence-corrected chi connectivity index (χ4v) is 6.78. The minimum atomic E-state index is -4.17. The van der Waals surface area contributed by atoms with Gasteiger partial charge >= 0.3 is 0 Å². The van der Waals surface area contributed by atoms with Gasteiger partial charge in [0.15, 0.2) is 0 Å². The summed E-state index contributed by atoms with van der Waals surface area (Å²) in [4.78, 5) is 30.0. The number of benzene rings is 4. The molecular weight excluding hydrogens is 618 g/mol. The second-order valence-corrected chi connectivity index (χ2v) is 13.9. The fourth-order valence-electron chi connectivity index (χ4n) is 5.19. The van der Waals surface area contributed by atoms with E-state index in [-0.39, 0.29) is 23.8 Å². The van der Waals surface area contributed by atoms with Crippen LogP contribution in [0.25, 0.3) is 0 Å². The summed E-state index contributed by atoms with van der Waals surface area (Å²) >= 11 is 6.17. The monoisotopic (exact) mass is 659 g/mol. The molecule has 0 aromatic heterocycles. The van der Waals surface area contributed by atoms with Crippen LogP contribution in [0.2, 0.25) is 5.02 Å². The lowest BCUT2D eigenvalue weighted by Crippen LogP contribution is -2.53. The zero-order chi connectivity index (χ0) is 33.3. The van der Waals surface area contributed by atoms with Gasteiger partial charge in [0.2, 0.25) is 11.8 Å². The number of nitrogens with one attached hydrogen (secondary N) is 1. The largest absolute Gasteiger partial charge is 0.354 e. The van der Waals surface area contributed by atoms with Crippen LogP contribution in [0.3, 0.4) is 0 Å². The van der Waals surface area contributed by atoms with Gasteiger partial charge in [0, 0.05) is 24.5 Å². The molecule has 242 valence electrons. The third-order valence-electron chi connectivity index (χ3n) is 7.89. The van der Waals surface area contributed by atoms with Gasteiger partial charge in [0.05, 0.1) is 10.6 Å². The number of amides is 2. The standard InChI is InChI=1S/C37H42ClN3O4S/c1-5-6-22-39-37(43)35(24-30-10-8-7-9-11-30)40(25-31-16-18-32(38)19-17-31)36(42)26-41(34-23-28(3)12-15-29(34)4)46(44,45)33-20-13-27(2)14-21-33/h7-21,23,35H,5-6,22,24-26H2,1-4H3,(H,39,43)/t35-/m1/s1. The first-order valence-corrected chi connectivity index (χ1v) is 17.3. The third kappa shape index (κ3) is 8.98. The molecule has 7 nitrogen and oxygen atoms in total. The average Bonchev–Trinajstić information content (AvgIpc) is 3.04. The van der Waals surface area contributed by atoms with Gasteiger partial charge in [-0.25, -0.2) is 8.42 Å². The number of sulfonamides is 1. The van der Waals surface area contributed by atoms with Gasteiger partial charge in [0.25, 0.3) is 10.0 Å².